The van der Waals surface area contributed by atoms with E-state index in [1.165, 1.54) is 13.0 Å². The summed E-state index contributed by atoms with van der Waals surface area (Å²) in [5.74, 6) is -1.48. The minimum atomic E-state index is -0.553. The summed E-state index contributed by atoms with van der Waals surface area (Å²) in [6, 6.07) is 6.64. The highest BCUT2D eigenvalue weighted by Gasteiger charge is 2.11. The van der Waals surface area contributed by atoms with Gasteiger partial charge in [-0.15, -0.1) is 0 Å². The molecule has 0 aliphatic carbocycles. The molecular formula is C16H16F3N. The van der Waals surface area contributed by atoms with Crippen molar-refractivity contribution in [2.24, 2.45) is 0 Å². The van der Waals surface area contributed by atoms with Crippen molar-refractivity contribution in [3.05, 3.63) is 58.9 Å². The molecule has 20 heavy (non-hydrogen) atoms. The van der Waals surface area contributed by atoms with Crippen LogP contribution in [0, 0.1) is 24.4 Å². The van der Waals surface area contributed by atoms with Crippen molar-refractivity contribution < 1.29 is 13.2 Å². The summed E-state index contributed by atoms with van der Waals surface area (Å²) in [5.41, 5.74) is 1.14. The van der Waals surface area contributed by atoms with E-state index in [4.69, 9.17) is 0 Å². The van der Waals surface area contributed by atoms with Gasteiger partial charge in [-0.3, -0.25) is 0 Å². The topological polar surface area (TPSA) is 12.0 Å². The highest BCUT2D eigenvalue weighted by molar-refractivity contribution is 5.65. The molecule has 2 aromatic rings. The summed E-state index contributed by atoms with van der Waals surface area (Å²) in [4.78, 5) is 0. The predicted molar refractivity (Wildman–Crippen MR) is 73.9 cm³/mol. The molecule has 0 atom stereocenters. The number of rotatable bonds is 4. The number of hydrogen-bond acceptors (Lipinski definition) is 1. The van der Waals surface area contributed by atoms with E-state index in [-0.39, 0.29) is 11.1 Å². The van der Waals surface area contributed by atoms with Gasteiger partial charge in [0, 0.05) is 17.7 Å². The van der Waals surface area contributed by atoms with Gasteiger partial charge in [-0.2, -0.15) is 0 Å². The maximum atomic E-state index is 13.9. The first-order valence-electron chi connectivity index (χ1n) is 6.48. The molecule has 0 saturated carbocycles. The van der Waals surface area contributed by atoms with Crippen LogP contribution in [-0.2, 0) is 6.54 Å². The Balaban J connectivity index is 2.39. The largest absolute Gasteiger partial charge is 0.313 e. The lowest BCUT2D eigenvalue weighted by atomic mass is 10.0. The normalized spacial score (nSPS) is 10.8. The molecule has 0 bridgehead atoms. The van der Waals surface area contributed by atoms with Crippen LogP contribution in [0.25, 0.3) is 11.1 Å². The minimum absolute atomic E-state index is 0.0713. The average Bonchev–Trinajstić information content (AvgIpc) is 2.41. The Labute approximate surface area is 116 Å². The van der Waals surface area contributed by atoms with Crippen LogP contribution < -0.4 is 5.32 Å². The fourth-order valence-corrected chi connectivity index (χ4v) is 1.99. The molecule has 1 N–H and O–H groups in total. The van der Waals surface area contributed by atoms with Gasteiger partial charge in [0.1, 0.15) is 17.5 Å². The summed E-state index contributed by atoms with van der Waals surface area (Å²) in [7, 11) is 0. The molecular weight excluding hydrogens is 263 g/mol. The van der Waals surface area contributed by atoms with Gasteiger partial charge in [0.05, 0.1) is 0 Å². The third-order valence-electron chi connectivity index (χ3n) is 3.18. The first-order valence-corrected chi connectivity index (χ1v) is 6.48. The van der Waals surface area contributed by atoms with Crippen LogP contribution in [0.3, 0.4) is 0 Å². The molecule has 2 rings (SSSR count). The van der Waals surface area contributed by atoms with E-state index in [0.29, 0.717) is 17.7 Å². The summed E-state index contributed by atoms with van der Waals surface area (Å²) < 4.78 is 41.3. The Hall–Kier alpha value is -1.81. The predicted octanol–water partition coefficient (Wildman–Crippen LogP) is 4.19. The monoisotopic (exact) mass is 279 g/mol. The Morgan fingerprint density at radius 1 is 0.950 bits per heavy atom. The zero-order valence-corrected chi connectivity index (χ0v) is 11.4. The van der Waals surface area contributed by atoms with E-state index < -0.39 is 17.5 Å². The van der Waals surface area contributed by atoms with Gasteiger partial charge in [0.15, 0.2) is 0 Å². The Bertz CT molecular complexity index is 623. The van der Waals surface area contributed by atoms with Crippen molar-refractivity contribution in [2.45, 2.75) is 20.4 Å². The molecule has 106 valence electrons. The van der Waals surface area contributed by atoms with Gasteiger partial charge in [-0.05, 0) is 42.8 Å². The number of benzene rings is 2. The van der Waals surface area contributed by atoms with Crippen molar-refractivity contribution in [3.8, 4) is 11.1 Å². The molecule has 0 aliphatic heterocycles. The van der Waals surface area contributed by atoms with E-state index >= 15 is 0 Å². The lowest BCUT2D eigenvalue weighted by Crippen LogP contribution is -2.12. The van der Waals surface area contributed by atoms with Gasteiger partial charge in [-0.1, -0.05) is 19.1 Å². The van der Waals surface area contributed by atoms with E-state index in [1.807, 2.05) is 6.92 Å². The first kappa shape index (κ1) is 14.6. The van der Waals surface area contributed by atoms with Crippen molar-refractivity contribution in [3.63, 3.8) is 0 Å². The van der Waals surface area contributed by atoms with Gasteiger partial charge in [0.25, 0.3) is 0 Å². The minimum Gasteiger partial charge on any atom is -0.313 e. The lowest BCUT2D eigenvalue weighted by molar-refractivity contribution is 0.590. The van der Waals surface area contributed by atoms with Crippen molar-refractivity contribution in [2.75, 3.05) is 6.54 Å². The summed E-state index contributed by atoms with van der Waals surface area (Å²) >= 11 is 0. The standard InChI is InChI=1S/C16H16F3N/c1-3-20-9-12-5-4-11(7-15(12)18)13-8-14(17)10(2)6-16(13)19/h4-8,20H,3,9H2,1-2H3. The molecule has 4 heteroatoms. The fraction of sp³-hybridized carbons (Fsp3) is 0.250. The van der Waals surface area contributed by atoms with Crippen LogP contribution in [0.4, 0.5) is 13.2 Å². The van der Waals surface area contributed by atoms with Crippen molar-refractivity contribution >= 4 is 0 Å². The highest BCUT2D eigenvalue weighted by atomic mass is 19.1. The maximum absolute atomic E-state index is 13.9. The van der Waals surface area contributed by atoms with Crippen LogP contribution >= 0.6 is 0 Å². The molecule has 0 radical (unpaired) electrons. The van der Waals surface area contributed by atoms with E-state index in [1.54, 1.807) is 12.1 Å². The first-order chi connectivity index (χ1) is 9.52. The van der Waals surface area contributed by atoms with Gasteiger partial charge < -0.3 is 5.32 Å². The van der Waals surface area contributed by atoms with E-state index in [2.05, 4.69) is 5.32 Å². The van der Waals surface area contributed by atoms with E-state index in [9.17, 15) is 13.2 Å². The second-order valence-corrected chi connectivity index (χ2v) is 4.67. The molecule has 0 spiro atoms. The van der Waals surface area contributed by atoms with Gasteiger partial charge in [-0.25, -0.2) is 13.2 Å². The number of hydrogen-bond donors (Lipinski definition) is 1. The Kier molecular flexibility index (Phi) is 4.45. The summed E-state index contributed by atoms with van der Waals surface area (Å²) in [5, 5.41) is 3.02. The number of nitrogens with one attached hydrogen (secondary N) is 1. The number of halogens is 3. The third-order valence-corrected chi connectivity index (χ3v) is 3.18. The summed E-state index contributed by atoms with van der Waals surface area (Å²) in [6.45, 7) is 4.56. The van der Waals surface area contributed by atoms with Gasteiger partial charge in [0.2, 0.25) is 0 Å². The molecule has 0 saturated heterocycles. The SMILES string of the molecule is CCNCc1ccc(-c2cc(F)c(C)cc2F)cc1F. The maximum Gasteiger partial charge on any atom is 0.131 e. The van der Waals surface area contributed by atoms with Crippen molar-refractivity contribution in [1.82, 2.24) is 5.32 Å². The van der Waals surface area contributed by atoms with Crippen LogP contribution in [0.5, 0.6) is 0 Å². The average molecular weight is 279 g/mol. The Morgan fingerprint density at radius 2 is 1.70 bits per heavy atom. The zero-order chi connectivity index (χ0) is 14.7. The van der Waals surface area contributed by atoms with Crippen molar-refractivity contribution in [1.29, 1.82) is 0 Å². The molecule has 0 aromatic heterocycles. The molecule has 0 amide bonds. The smallest absolute Gasteiger partial charge is 0.131 e. The molecule has 0 aliphatic rings. The molecule has 2 aromatic carbocycles. The van der Waals surface area contributed by atoms with Crippen LogP contribution in [-0.4, -0.2) is 6.54 Å². The zero-order valence-electron chi connectivity index (χ0n) is 11.4. The van der Waals surface area contributed by atoms with Crippen LogP contribution in [0.2, 0.25) is 0 Å². The molecule has 0 fully saturated rings. The number of aryl methyl sites for hydroxylation is 1. The third kappa shape index (κ3) is 3.02. The summed E-state index contributed by atoms with van der Waals surface area (Å²) in [6.07, 6.45) is 0. The fourth-order valence-electron chi connectivity index (χ4n) is 1.99. The lowest BCUT2D eigenvalue weighted by Gasteiger charge is -2.09. The second-order valence-electron chi connectivity index (χ2n) is 4.67. The van der Waals surface area contributed by atoms with Gasteiger partial charge >= 0.3 is 0 Å². The Morgan fingerprint density at radius 3 is 2.35 bits per heavy atom. The highest BCUT2D eigenvalue weighted by Crippen LogP contribution is 2.27. The van der Waals surface area contributed by atoms with E-state index in [0.717, 1.165) is 18.7 Å². The van der Waals surface area contributed by atoms with Crippen LogP contribution in [0.15, 0.2) is 30.3 Å². The quantitative estimate of drug-likeness (QED) is 0.885. The molecule has 0 heterocycles. The van der Waals surface area contributed by atoms with Crippen LogP contribution in [0.1, 0.15) is 18.1 Å². The second kappa shape index (κ2) is 6.09. The molecule has 1 nitrogen and oxygen atoms in total. The molecule has 0 unspecified atom stereocenters.